The lowest BCUT2D eigenvalue weighted by molar-refractivity contribution is 0.416. The monoisotopic (exact) mass is 673 g/mol. The Morgan fingerprint density at radius 1 is 0.615 bits per heavy atom. The number of imidazole rings is 1. The quantitative estimate of drug-likeness (QED) is 0.171. The Hall–Kier alpha value is -6.60. The first-order valence-corrected chi connectivity index (χ1v) is 17.5. The number of methoxy groups -OCH3 is 1. The Morgan fingerprint density at radius 3 is 2.06 bits per heavy atom. The Labute approximate surface area is 302 Å². The van der Waals surface area contributed by atoms with Gasteiger partial charge in [0.2, 0.25) is 0 Å². The van der Waals surface area contributed by atoms with Crippen LogP contribution in [0.15, 0.2) is 140 Å². The molecule has 0 amide bonds. The molecule has 0 spiro atoms. The Morgan fingerprint density at radius 2 is 1.29 bits per heavy atom. The van der Waals surface area contributed by atoms with Gasteiger partial charge in [-0.15, -0.1) is 0 Å². The van der Waals surface area contributed by atoms with Crippen LogP contribution in [0.3, 0.4) is 0 Å². The molecule has 0 fully saturated rings. The van der Waals surface area contributed by atoms with Crippen LogP contribution in [0, 0.1) is 13.8 Å². The number of ether oxygens (including phenoxy) is 3. The summed E-state index contributed by atoms with van der Waals surface area (Å²) in [6.45, 7) is 4.20. The van der Waals surface area contributed by atoms with E-state index in [1.54, 1.807) is 7.11 Å². The van der Waals surface area contributed by atoms with Crippen molar-refractivity contribution in [3.8, 4) is 68.2 Å². The van der Waals surface area contributed by atoms with E-state index in [-0.39, 0.29) is 6.71 Å². The van der Waals surface area contributed by atoms with Crippen LogP contribution in [-0.4, -0.2) is 28.4 Å². The number of aryl methyl sites for hydroxylation is 2. The second-order valence-electron chi connectivity index (χ2n) is 13.4. The number of rotatable bonds is 5. The Kier molecular flexibility index (Phi) is 6.83. The summed E-state index contributed by atoms with van der Waals surface area (Å²) < 4.78 is 21.2. The maximum atomic E-state index is 6.61. The summed E-state index contributed by atoms with van der Waals surface area (Å²) in [4.78, 5) is 10.1. The number of aromatic nitrogens is 3. The molecule has 4 heterocycles. The molecular formula is C45H32BN3O3. The van der Waals surface area contributed by atoms with Gasteiger partial charge in [-0.05, 0) is 114 Å². The van der Waals surface area contributed by atoms with Crippen molar-refractivity contribution in [1.29, 1.82) is 0 Å². The second kappa shape index (κ2) is 11.7. The van der Waals surface area contributed by atoms with Crippen LogP contribution in [0.5, 0.6) is 28.7 Å². The average Bonchev–Trinajstić information content (AvgIpc) is 3.56. The molecule has 8 aromatic rings. The van der Waals surface area contributed by atoms with E-state index in [4.69, 9.17) is 24.2 Å². The van der Waals surface area contributed by atoms with Crippen LogP contribution in [0.25, 0.3) is 50.5 Å². The van der Waals surface area contributed by atoms with Crippen LogP contribution in [0.4, 0.5) is 0 Å². The number of fused-ring (bicyclic) bond motifs is 5. The van der Waals surface area contributed by atoms with Crippen molar-refractivity contribution < 1.29 is 14.2 Å². The number of benzene rings is 6. The normalized spacial score (nSPS) is 12.4. The largest absolute Gasteiger partial charge is 0.496 e. The minimum Gasteiger partial charge on any atom is -0.496 e. The predicted molar refractivity (Wildman–Crippen MR) is 209 cm³/mol. The molecule has 2 aromatic heterocycles. The highest BCUT2D eigenvalue weighted by Crippen LogP contribution is 2.38. The lowest BCUT2D eigenvalue weighted by Gasteiger charge is -2.33. The van der Waals surface area contributed by atoms with E-state index in [0.29, 0.717) is 0 Å². The minimum absolute atomic E-state index is 0.131. The fraction of sp³-hybridized carbons (Fsp3) is 0.0667. The van der Waals surface area contributed by atoms with Gasteiger partial charge in [0, 0.05) is 22.8 Å². The number of nitrogens with zero attached hydrogens (tertiary/aromatic N) is 3. The van der Waals surface area contributed by atoms with Crippen molar-refractivity contribution in [2.24, 2.45) is 0 Å². The zero-order valence-electron chi connectivity index (χ0n) is 28.9. The van der Waals surface area contributed by atoms with Gasteiger partial charge in [0.1, 0.15) is 34.6 Å². The van der Waals surface area contributed by atoms with Crippen molar-refractivity contribution >= 4 is 34.1 Å². The molecule has 52 heavy (non-hydrogen) atoms. The zero-order chi connectivity index (χ0) is 34.9. The molecule has 0 unspecified atom stereocenters. The van der Waals surface area contributed by atoms with Crippen LogP contribution < -0.4 is 30.6 Å². The van der Waals surface area contributed by atoms with Gasteiger partial charge in [0.25, 0.3) is 6.71 Å². The first-order chi connectivity index (χ1) is 25.6. The van der Waals surface area contributed by atoms with Gasteiger partial charge in [0.05, 0.1) is 29.5 Å². The summed E-state index contributed by atoms with van der Waals surface area (Å²) in [6.07, 6.45) is 1.86. The molecule has 6 nitrogen and oxygen atoms in total. The number of pyridine rings is 1. The summed E-state index contributed by atoms with van der Waals surface area (Å²) in [6, 6.07) is 45.9. The lowest BCUT2D eigenvalue weighted by Crippen LogP contribution is -2.57. The van der Waals surface area contributed by atoms with E-state index >= 15 is 0 Å². The molecule has 6 aromatic carbocycles. The van der Waals surface area contributed by atoms with Crippen molar-refractivity contribution in [3.63, 3.8) is 0 Å². The summed E-state index contributed by atoms with van der Waals surface area (Å²) in [5, 5.41) is 0. The first-order valence-electron chi connectivity index (χ1n) is 17.5. The van der Waals surface area contributed by atoms with E-state index in [1.807, 2.05) is 54.7 Å². The molecular weight excluding hydrogens is 641 g/mol. The second-order valence-corrected chi connectivity index (χ2v) is 13.4. The van der Waals surface area contributed by atoms with Crippen molar-refractivity contribution in [3.05, 3.63) is 151 Å². The third-order valence-electron chi connectivity index (χ3n) is 10.4. The van der Waals surface area contributed by atoms with E-state index in [0.717, 1.165) is 95.6 Å². The van der Waals surface area contributed by atoms with Gasteiger partial charge in [-0.2, -0.15) is 0 Å². The summed E-state index contributed by atoms with van der Waals surface area (Å²) >= 11 is 0. The lowest BCUT2D eigenvalue weighted by atomic mass is 9.34. The molecule has 2 aliphatic heterocycles. The smallest absolute Gasteiger partial charge is 0.260 e. The highest BCUT2D eigenvalue weighted by molar-refractivity contribution is 6.98. The molecule has 7 heteroatoms. The minimum atomic E-state index is -0.131. The number of hydrogen-bond donors (Lipinski definition) is 0. The van der Waals surface area contributed by atoms with Crippen molar-refractivity contribution in [2.45, 2.75) is 13.8 Å². The van der Waals surface area contributed by atoms with E-state index in [1.165, 1.54) is 11.1 Å². The molecule has 2 aliphatic rings. The van der Waals surface area contributed by atoms with E-state index < -0.39 is 0 Å². The zero-order valence-corrected chi connectivity index (χ0v) is 28.9. The average molecular weight is 674 g/mol. The van der Waals surface area contributed by atoms with Crippen LogP contribution in [0.1, 0.15) is 11.1 Å². The number of para-hydroxylation sites is 4. The fourth-order valence-corrected chi connectivity index (χ4v) is 7.98. The summed E-state index contributed by atoms with van der Waals surface area (Å²) in [7, 11) is 1.70. The molecule has 0 saturated carbocycles. The topological polar surface area (TPSA) is 58.4 Å². The molecule has 248 valence electrons. The highest BCUT2D eigenvalue weighted by Gasteiger charge is 2.40. The molecule has 0 N–H and O–H groups in total. The standard InChI is InChI=1S/C45H32BN3O3/c1-27-10-8-11-28(2)44(27)49-37-14-6-5-13-35(37)48-45(49)31-19-21-40-34(25-31)46-33-24-30(18-20-39(33)51-41-16-9-17-42(52-40)43(41)46)36-26-29(22-23-47-36)32-12-4-7-15-38(32)50-3/h4-26H,1-3H3. The van der Waals surface area contributed by atoms with Gasteiger partial charge >= 0.3 is 0 Å². The van der Waals surface area contributed by atoms with E-state index in [2.05, 4.69) is 103 Å². The highest BCUT2D eigenvalue weighted by atomic mass is 16.5. The molecule has 10 rings (SSSR count). The summed E-state index contributed by atoms with van der Waals surface area (Å²) in [5.41, 5.74) is 13.6. The van der Waals surface area contributed by atoms with Crippen LogP contribution in [0.2, 0.25) is 0 Å². The Balaban J connectivity index is 1.15. The number of hydrogen-bond acceptors (Lipinski definition) is 5. The summed E-state index contributed by atoms with van der Waals surface area (Å²) in [5.74, 6) is 4.96. The van der Waals surface area contributed by atoms with Gasteiger partial charge in [-0.1, -0.05) is 66.7 Å². The molecule has 0 bridgehead atoms. The first kappa shape index (κ1) is 30.2. The predicted octanol–water partition coefficient (Wildman–Crippen LogP) is 8.77. The molecule has 0 aliphatic carbocycles. The SMILES string of the molecule is COc1ccccc1-c1ccnc(-c2ccc3c(c2)B2c4cc(-c5nc6ccccc6n5-c5c(C)cccc5C)ccc4Oc4cccc(c42)O3)c1. The van der Waals surface area contributed by atoms with Gasteiger partial charge < -0.3 is 14.2 Å². The van der Waals surface area contributed by atoms with Gasteiger partial charge in [-0.25, -0.2) is 4.98 Å². The van der Waals surface area contributed by atoms with Crippen LogP contribution in [-0.2, 0) is 0 Å². The molecule has 0 atom stereocenters. The maximum absolute atomic E-state index is 6.61. The third kappa shape index (κ3) is 4.66. The van der Waals surface area contributed by atoms with Gasteiger partial charge in [-0.3, -0.25) is 9.55 Å². The molecule has 0 radical (unpaired) electrons. The van der Waals surface area contributed by atoms with Crippen LogP contribution >= 0.6 is 0 Å². The van der Waals surface area contributed by atoms with Gasteiger partial charge in [0.15, 0.2) is 0 Å². The molecule has 0 saturated heterocycles. The van der Waals surface area contributed by atoms with Crippen molar-refractivity contribution in [1.82, 2.24) is 14.5 Å². The fourth-order valence-electron chi connectivity index (χ4n) is 7.98. The Bertz CT molecular complexity index is 2700. The van der Waals surface area contributed by atoms with E-state index in [9.17, 15) is 0 Å². The van der Waals surface area contributed by atoms with Crippen molar-refractivity contribution in [2.75, 3.05) is 7.11 Å². The maximum Gasteiger partial charge on any atom is 0.260 e. The third-order valence-corrected chi connectivity index (χ3v) is 10.4.